The SMILES string of the molecule is C#CC(COP(=O)(O)OP(=O)(O)OP(=O)(O)O)(O[C@H](C)n1ccc(N)nc1=O)[C@@H](O)F. The van der Waals surface area contributed by atoms with Gasteiger partial charge in [0.15, 0.2) is 0 Å². The van der Waals surface area contributed by atoms with Crippen LogP contribution in [0, 0.1) is 12.3 Å². The summed E-state index contributed by atoms with van der Waals surface area (Å²) in [5.74, 6) is 1.45. The molecule has 0 bridgehead atoms. The molecule has 0 aliphatic rings. The Bertz CT molecular complexity index is 1040. The molecule has 0 fully saturated rings. The van der Waals surface area contributed by atoms with E-state index in [1.165, 1.54) is 0 Å². The number of aliphatic hydroxyl groups excluding tert-OH is 1. The maximum atomic E-state index is 13.8. The van der Waals surface area contributed by atoms with Crippen LogP contribution in [0.15, 0.2) is 17.1 Å². The summed E-state index contributed by atoms with van der Waals surface area (Å²) in [6, 6.07) is 1.16. The van der Waals surface area contributed by atoms with Crippen molar-refractivity contribution >= 4 is 29.3 Å². The number of rotatable bonds is 11. The van der Waals surface area contributed by atoms with Gasteiger partial charge in [-0.05, 0) is 13.0 Å². The van der Waals surface area contributed by atoms with Gasteiger partial charge < -0.3 is 35.2 Å². The Morgan fingerprint density at radius 2 is 1.87 bits per heavy atom. The van der Waals surface area contributed by atoms with Crippen molar-refractivity contribution in [1.29, 1.82) is 0 Å². The fraction of sp³-hybridized carbons (Fsp3) is 0.455. The Morgan fingerprint density at radius 1 is 1.29 bits per heavy atom. The van der Waals surface area contributed by atoms with Crippen molar-refractivity contribution in [2.45, 2.75) is 25.1 Å². The number of alkyl halides is 1. The number of aliphatic hydroxyl groups is 1. The molecule has 0 saturated heterocycles. The van der Waals surface area contributed by atoms with Crippen LogP contribution in [0.3, 0.4) is 0 Å². The largest absolute Gasteiger partial charge is 0.490 e. The lowest BCUT2D eigenvalue weighted by atomic mass is 10.1. The minimum absolute atomic E-state index is 0.158. The second-order valence-corrected chi connectivity index (χ2v) is 9.91. The minimum Gasteiger partial charge on any atom is -0.383 e. The number of nitrogens with two attached hydrogens (primary N) is 1. The van der Waals surface area contributed by atoms with E-state index in [9.17, 15) is 32.9 Å². The molecule has 31 heavy (non-hydrogen) atoms. The molecule has 1 heterocycles. The van der Waals surface area contributed by atoms with E-state index >= 15 is 0 Å². The number of terminal acetylenes is 1. The number of anilines is 1. The van der Waals surface area contributed by atoms with E-state index in [0.29, 0.717) is 0 Å². The predicted molar refractivity (Wildman–Crippen MR) is 97.2 cm³/mol. The number of nitrogen functional groups attached to an aromatic ring is 1. The number of aromatic nitrogens is 2. The number of phosphoric acid groups is 3. The number of hydrogen-bond donors (Lipinski definition) is 6. The van der Waals surface area contributed by atoms with Gasteiger partial charge in [0.05, 0.1) is 0 Å². The zero-order chi connectivity index (χ0) is 24.3. The summed E-state index contributed by atoms with van der Waals surface area (Å²) in [7, 11) is -17.2. The highest BCUT2D eigenvalue weighted by atomic mass is 31.3. The lowest BCUT2D eigenvalue weighted by Gasteiger charge is -2.32. The molecule has 0 aliphatic heterocycles. The van der Waals surface area contributed by atoms with Crippen LogP contribution in [-0.2, 0) is 31.6 Å². The highest BCUT2D eigenvalue weighted by Crippen LogP contribution is 2.66. The molecule has 0 aromatic carbocycles. The fourth-order valence-electron chi connectivity index (χ4n) is 1.85. The first-order chi connectivity index (χ1) is 13.9. The lowest BCUT2D eigenvalue weighted by molar-refractivity contribution is -0.194. The first kappa shape index (κ1) is 27.5. The van der Waals surface area contributed by atoms with E-state index < -0.39 is 54.0 Å². The van der Waals surface area contributed by atoms with Crippen LogP contribution in [-0.4, -0.2) is 52.8 Å². The van der Waals surface area contributed by atoms with Crippen molar-refractivity contribution in [3.63, 3.8) is 0 Å². The van der Waals surface area contributed by atoms with E-state index in [1.807, 2.05) is 0 Å². The van der Waals surface area contributed by atoms with Crippen molar-refractivity contribution < 1.29 is 60.6 Å². The van der Waals surface area contributed by atoms with E-state index in [-0.39, 0.29) is 5.82 Å². The van der Waals surface area contributed by atoms with Crippen molar-refractivity contribution in [2.24, 2.45) is 0 Å². The maximum absolute atomic E-state index is 13.8. The summed E-state index contributed by atoms with van der Waals surface area (Å²) in [4.78, 5) is 50.7. The van der Waals surface area contributed by atoms with Gasteiger partial charge in [0.2, 0.25) is 12.0 Å². The standard InChI is InChI=1S/C11H17FN3O13P3/c1-3-11(9(12)16,26-7(2)15-5-4-8(13)14-10(15)17)6-25-30(21,22)28-31(23,24)27-29(18,19)20/h1,4-5,7,9,16H,6H2,2H3,(H,21,22)(H,23,24)(H2,13,14,17)(H2,18,19,20)/t7-,9-,11?/m1/s1. The fourth-order valence-corrected chi connectivity index (χ4v) is 4.90. The van der Waals surface area contributed by atoms with Crippen LogP contribution in [0.4, 0.5) is 10.2 Å². The Hall–Kier alpha value is -1.50. The number of ether oxygens (including phenoxy) is 1. The number of phosphoric ester groups is 1. The normalized spacial score (nSPS) is 19.9. The molecule has 20 heteroatoms. The second kappa shape index (κ2) is 9.97. The van der Waals surface area contributed by atoms with Crippen LogP contribution >= 0.6 is 23.5 Å². The Morgan fingerprint density at radius 3 is 2.32 bits per heavy atom. The van der Waals surface area contributed by atoms with E-state index in [0.717, 1.165) is 23.8 Å². The zero-order valence-electron chi connectivity index (χ0n) is 15.3. The Labute approximate surface area is 172 Å². The Kier molecular flexibility index (Phi) is 8.85. The molecule has 176 valence electrons. The van der Waals surface area contributed by atoms with Gasteiger partial charge in [-0.25, -0.2) is 22.9 Å². The number of hydrogen-bond acceptors (Lipinski definition) is 11. The van der Waals surface area contributed by atoms with Gasteiger partial charge in [-0.2, -0.15) is 13.6 Å². The van der Waals surface area contributed by atoms with Gasteiger partial charge in [0, 0.05) is 6.20 Å². The molecule has 16 nitrogen and oxygen atoms in total. The smallest absolute Gasteiger partial charge is 0.383 e. The van der Waals surface area contributed by atoms with Crippen LogP contribution in [0.2, 0.25) is 0 Å². The molecule has 5 atom stereocenters. The average molecular weight is 511 g/mol. The monoisotopic (exact) mass is 511 g/mol. The quantitative estimate of drug-likeness (QED) is 0.160. The van der Waals surface area contributed by atoms with Crippen molar-refractivity contribution in [1.82, 2.24) is 9.55 Å². The molecule has 1 aromatic rings. The van der Waals surface area contributed by atoms with Crippen molar-refractivity contribution in [2.75, 3.05) is 12.3 Å². The van der Waals surface area contributed by atoms with Crippen molar-refractivity contribution in [3.8, 4) is 12.3 Å². The third-order valence-electron chi connectivity index (χ3n) is 3.11. The van der Waals surface area contributed by atoms with Gasteiger partial charge >= 0.3 is 29.2 Å². The topological polar surface area (TPSA) is 250 Å². The summed E-state index contributed by atoms with van der Waals surface area (Å²) < 4.78 is 64.5. The van der Waals surface area contributed by atoms with Gasteiger partial charge in [-0.15, -0.1) is 6.42 Å². The van der Waals surface area contributed by atoms with Gasteiger partial charge in [-0.3, -0.25) is 9.09 Å². The summed E-state index contributed by atoms with van der Waals surface area (Å²) in [5, 5.41) is 9.37. The third kappa shape index (κ3) is 8.51. The predicted octanol–water partition coefficient (Wildman–Crippen LogP) is -0.636. The minimum atomic E-state index is -5.85. The van der Waals surface area contributed by atoms with Crippen LogP contribution in [0.1, 0.15) is 13.2 Å². The molecule has 0 amide bonds. The van der Waals surface area contributed by atoms with Gasteiger partial charge in [-0.1, -0.05) is 5.92 Å². The Balaban J connectivity index is 3.06. The lowest BCUT2D eigenvalue weighted by Crippen LogP contribution is -2.47. The van der Waals surface area contributed by atoms with E-state index in [2.05, 4.69) is 18.1 Å². The summed E-state index contributed by atoms with van der Waals surface area (Å²) in [6.45, 7) is -0.384. The number of nitrogens with zero attached hydrogens (tertiary/aromatic N) is 2. The first-order valence-corrected chi connectivity index (χ1v) is 12.0. The van der Waals surface area contributed by atoms with E-state index in [1.54, 1.807) is 5.92 Å². The molecule has 0 spiro atoms. The third-order valence-corrected chi connectivity index (χ3v) is 6.89. The molecule has 0 saturated carbocycles. The summed E-state index contributed by atoms with van der Waals surface area (Å²) in [6.07, 6.45) is 1.62. The molecule has 0 aliphatic carbocycles. The zero-order valence-corrected chi connectivity index (χ0v) is 18.0. The number of halogens is 1. The first-order valence-electron chi connectivity index (χ1n) is 7.53. The molecule has 1 rings (SSSR count). The summed E-state index contributed by atoms with van der Waals surface area (Å²) in [5.41, 5.74) is 1.46. The van der Waals surface area contributed by atoms with E-state index in [4.69, 9.17) is 31.6 Å². The van der Waals surface area contributed by atoms with Crippen molar-refractivity contribution in [3.05, 3.63) is 22.7 Å². The van der Waals surface area contributed by atoms with Crippen LogP contribution in [0.25, 0.3) is 0 Å². The molecule has 0 radical (unpaired) electrons. The molecule has 7 N–H and O–H groups in total. The van der Waals surface area contributed by atoms with Crippen LogP contribution in [0.5, 0.6) is 0 Å². The highest BCUT2D eigenvalue weighted by molar-refractivity contribution is 7.66. The maximum Gasteiger partial charge on any atom is 0.490 e. The highest BCUT2D eigenvalue weighted by Gasteiger charge is 2.46. The molecule has 1 aromatic heterocycles. The second-order valence-electron chi connectivity index (χ2n) is 5.49. The van der Waals surface area contributed by atoms with Gasteiger partial charge in [0.25, 0.3) is 0 Å². The molecule has 3 unspecified atom stereocenters. The molecular weight excluding hydrogens is 494 g/mol. The average Bonchev–Trinajstić information content (AvgIpc) is 2.54. The van der Waals surface area contributed by atoms with Crippen LogP contribution < -0.4 is 11.4 Å². The molecular formula is C11H17FN3O13P3. The summed E-state index contributed by atoms with van der Waals surface area (Å²) >= 11 is 0. The van der Waals surface area contributed by atoms with Gasteiger partial charge in [0.1, 0.15) is 18.7 Å².